The van der Waals surface area contributed by atoms with Crippen LogP contribution in [-0.4, -0.2) is 62.6 Å². The van der Waals surface area contributed by atoms with E-state index in [4.69, 9.17) is 9.84 Å². The first-order valence-electron chi connectivity index (χ1n) is 8.20. The molecule has 25 heavy (non-hydrogen) atoms. The number of carboxylic acid groups (broad SMARTS) is 1. The molecule has 134 valence electrons. The minimum absolute atomic E-state index is 0.114. The van der Waals surface area contributed by atoms with E-state index in [0.29, 0.717) is 12.3 Å². The lowest BCUT2D eigenvalue weighted by atomic mass is 9.73. The summed E-state index contributed by atoms with van der Waals surface area (Å²) in [4.78, 5) is 22.2. The standard InChI is InChI=1S/C15H19BrN6O3/c1-9-11(20-14(23)24)15(7-25-9)2-4-21(5-3-15)12-13-18-8-19-22(13)10(16)6-17-12/h6,8-9,11,20H,2-5,7H2,1H3,(H,23,24)/t9-,11+/m0/s1. The molecule has 0 unspecified atom stereocenters. The Morgan fingerprint density at radius 1 is 1.44 bits per heavy atom. The number of aromatic nitrogens is 4. The molecule has 2 aromatic rings. The third-order valence-electron chi connectivity index (χ3n) is 5.34. The number of carbonyl (C=O) groups is 1. The van der Waals surface area contributed by atoms with Crippen molar-refractivity contribution >= 4 is 33.5 Å². The molecule has 0 aromatic carbocycles. The third kappa shape index (κ3) is 2.73. The first-order valence-corrected chi connectivity index (χ1v) is 9.00. The number of piperidine rings is 1. The molecule has 2 atom stereocenters. The van der Waals surface area contributed by atoms with Crippen LogP contribution >= 0.6 is 15.9 Å². The van der Waals surface area contributed by atoms with Gasteiger partial charge in [-0.05, 0) is 35.7 Å². The second-order valence-corrected chi connectivity index (χ2v) is 7.51. The summed E-state index contributed by atoms with van der Waals surface area (Å²) >= 11 is 3.42. The average molecular weight is 411 g/mol. The summed E-state index contributed by atoms with van der Waals surface area (Å²) in [5.41, 5.74) is 0.551. The van der Waals surface area contributed by atoms with Crippen LogP contribution < -0.4 is 10.2 Å². The lowest BCUT2D eigenvalue weighted by Gasteiger charge is -2.42. The number of anilines is 1. The topological polar surface area (TPSA) is 105 Å². The number of nitrogens with one attached hydrogen (secondary N) is 1. The molecule has 0 saturated carbocycles. The van der Waals surface area contributed by atoms with Gasteiger partial charge in [-0.3, -0.25) is 0 Å². The maximum absolute atomic E-state index is 11.2. The highest BCUT2D eigenvalue weighted by atomic mass is 79.9. The van der Waals surface area contributed by atoms with Crippen LogP contribution in [0.4, 0.5) is 10.6 Å². The number of ether oxygens (including phenoxy) is 1. The van der Waals surface area contributed by atoms with Crippen LogP contribution in [0.3, 0.4) is 0 Å². The van der Waals surface area contributed by atoms with E-state index in [1.807, 2.05) is 6.92 Å². The second kappa shape index (κ2) is 6.10. The predicted octanol–water partition coefficient (Wildman–Crippen LogP) is 1.53. The van der Waals surface area contributed by atoms with Crippen LogP contribution in [0.15, 0.2) is 17.1 Å². The van der Waals surface area contributed by atoms with Crippen LogP contribution in [0, 0.1) is 5.41 Å². The lowest BCUT2D eigenvalue weighted by Crippen LogP contribution is -2.54. The molecule has 2 fully saturated rings. The summed E-state index contributed by atoms with van der Waals surface area (Å²) in [6.45, 7) is 4.05. The number of nitrogens with zero attached hydrogens (tertiary/aromatic N) is 5. The van der Waals surface area contributed by atoms with E-state index in [1.165, 1.54) is 6.33 Å². The summed E-state index contributed by atoms with van der Waals surface area (Å²) in [5, 5.41) is 16.0. The molecule has 2 aliphatic rings. The largest absolute Gasteiger partial charge is 0.465 e. The highest BCUT2D eigenvalue weighted by molar-refractivity contribution is 9.10. The Morgan fingerprint density at radius 3 is 2.92 bits per heavy atom. The Labute approximate surface area is 152 Å². The Balaban J connectivity index is 1.56. The van der Waals surface area contributed by atoms with Crippen LogP contribution in [-0.2, 0) is 4.74 Å². The molecule has 2 N–H and O–H groups in total. The molecule has 0 bridgehead atoms. The number of rotatable bonds is 2. The zero-order valence-corrected chi connectivity index (χ0v) is 15.3. The molecule has 2 saturated heterocycles. The number of fused-ring (bicyclic) bond motifs is 1. The molecule has 1 spiro atoms. The molecule has 4 rings (SSSR count). The summed E-state index contributed by atoms with van der Waals surface area (Å²) in [7, 11) is 0. The summed E-state index contributed by atoms with van der Waals surface area (Å²) < 4.78 is 8.24. The maximum atomic E-state index is 11.2. The fourth-order valence-electron chi connectivity index (χ4n) is 4.00. The Morgan fingerprint density at radius 2 is 2.20 bits per heavy atom. The van der Waals surface area contributed by atoms with Gasteiger partial charge in [0.1, 0.15) is 10.9 Å². The quantitative estimate of drug-likeness (QED) is 0.772. The highest BCUT2D eigenvalue weighted by Crippen LogP contribution is 2.43. The van der Waals surface area contributed by atoms with Crippen molar-refractivity contribution in [2.75, 3.05) is 24.6 Å². The first-order chi connectivity index (χ1) is 12.0. The zero-order valence-electron chi connectivity index (χ0n) is 13.7. The van der Waals surface area contributed by atoms with Crippen LogP contribution in [0.25, 0.3) is 5.65 Å². The van der Waals surface area contributed by atoms with Crippen LogP contribution in [0.5, 0.6) is 0 Å². The average Bonchev–Trinajstić information content (AvgIpc) is 3.18. The van der Waals surface area contributed by atoms with Gasteiger partial charge >= 0.3 is 6.09 Å². The molecule has 0 radical (unpaired) electrons. The Kier molecular flexibility index (Phi) is 4.03. The van der Waals surface area contributed by atoms with Gasteiger partial charge in [-0.25, -0.2) is 19.3 Å². The van der Waals surface area contributed by atoms with Crippen molar-refractivity contribution in [3.05, 3.63) is 17.1 Å². The molecule has 2 aromatic heterocycles. The fraction of sp³-hybridized carbons (Fsp3) is 0.600. The second-order valence-electron chi connectivity index (χ2n) is 6.69. The van der Waals surface area contributed by atoms with Crippen molar-refractivity contribution in [1.82, 2.24) is 24.9 Å². The van der Waals surface area contributed by atoms with Crippen molar-refractivity contribution in [1.29, 1.82) is 0 Å². The fourth-order valence-corrected chi connectivity index (χ4v) is 4.37. The maximum Gasteiger partial charge on any atom is 0.404 e. The number of halogens is 1. The van der Waals surface area contributed by atoms with Gasteiger partial charge < -0.3 is 20.1 Å². The highest BCUT2D eigenvalue weighted by Gasteiger charge is 2.50. The molecular weight excluding hydrogens is 392 g/mol. The van der Waals surface area contributed by atoms with Crippen molar-refractivity contribution in [2.45, 2.75) is 31.9 Å². The van der Waals surface area contributed by atoms with Crippen molar-refractivity contribution in [3.8, 4) is 0 Å². The monoisotopic (exact) mass is 410 g/mol. The molecule has 0 aliphatic carbocycles. The molecule has 1 amide bonds. The van der Waals surface area contributed by atoms with Crippen molar-refractivity contribution in [2.24, 2.45) is 5.41 Å². The van der Waals surface area contributed by atoms with Crippen LogP contribution in [0.2, 0.25) is 0 Å². The predicted molar refractivity (Wildman–Crippen MR) is 92.7 cm³/mol. The molecule has 4 heterocycles. The van der Waals surface area contributed by atoms with Gasteiger partial charge in [0.25, 0.3) is 0 Å². The Bertz CT molecular complexity index is 804. The third-order valence-corrected chi connectivity index (χ3v) is 5.88. The van der Waals surface area contributed by atoms with Gasteiger partial charge in [-0.2, -0.15) is 5.10 Å². The van der Waals surface area contributed by atoms with Gasteiger partial charge in [-0.15, -0.1) is 0 Å². The van der Waals surface area contributed by atoms with Crippen LogP contribution in [0.1, 0.15) is 19.8 Å². The normalized spacial score (nSPS) is 25.6. The lowest BCUT2D eigenvalue weighted by molar-refractivity contribution is 0.0971. The van der Waals surface area contributed by atoms with Crippen molar-refractivity contribution < 1.29 is 14.6 Å². The van der Waals surface area contributed by atoms with Crippen molar-refractivity contribution in [3.63, 3.8) is 0 Å². The van der Waals surface area contributed by atoms with E-state index in [1.54, 1.807) is 10.7 Å². The van der Waals surface area contributed by atoms with E-state index < -0.39 is 6.09 Å². The minimum Gasteiger partial charge on any atom is -0.465 e. The van der Waals surface area contributed by atoms with E-state index in [0.717, 1.165) is 36.4 Å². The SMILES string of the molecule is C[C@@H]1OCC2(CCN(c3ncc(Br)n4ncnc34)CC2)[C@@H]1NC(=O)O. The molecule has 10 heteroatoms. The molecule has 9 nitrogen and oxygen atoms in total. The van der Waals surface area contributed by atoms with Gasteiger partial charge in [-0.1, -0.05) is 0 Å². The van der Waals surface area contributed by atoms with Gasteiger partial charge in [0.15, 0.2) is 11.5 Å². The van der Waals surface area contributed by atoms with Gasteiger partial charge in [0.2, 0.25) is 0 Å². The van der Waals surface area contributed by atoms with E-state index in [9.17, 15) is 4.79 Å². The Hall–Kier alpha value is -1.94. The van der Waals surface area contributed by atoms with E-state index in [-0.39, 0.29) is 17.6 Å². The van der Waals surface area contributed by atoms with E-state index in [2.05, 4.69) is 41.2 Å². The minimum atomic E-state index is -0.996. The van der Waals surface area contributed by atoms with Gasteiger partial charge in [0.05, 0.1) is 24.9 Å². The number of hydrogen-bond acceptors (Lipinski definition) is 6. The van der Waals surface area contributed by atoms with E-state index >= 15 is 0 Å². The molecular formula is C15H19BrN6O3. The summed E-state index contributed by atoms with van der Waals surface area (Å²) in [5.74, 6) is 0.797. The number of hydrogen-bond donors (Lipinski definition) is 2. The first kappa shape index (κ1) is 16.5. The molecule has 2 aliphatic heterocycles. The summed E-state index contributed by atoms with van der Waals surface area (Å²) in [6, 6.07) is -0.182. The zero-order chi connectivity index (χ0) is 17.6. The smallest absolute Gasteiger partial charge is 0.404 e. The van der Waals surface area contributed by atoms with Gasteiger partial charge in [0, 0.05) is 18.5 Å². The number of amides is 1. The summed E-state index contributed by atoms with van der Waals surface area (Å²) in [6.07, 6.45) is 3.79.